The molecule has 0 bridgehead atoms. The molecule has 0 aliphatic carbocycles. The van der Waals surface area contributed by atoms with E-state index >= 15 is 0 Å². The second-order valence-corrected chi connectivity index (χ2v) is 2.69. The summed E-state index contributed by atoms with van der Waals surface area (Å²) in [6.45, 7) is 0. The highest BCUT2D eigenvalue weighted by Gasteiger charge is 2.07. The number of nitrogens with zero attached hydrogens (tertiary/aromatic N) is 1. The fourth-order valence-corrected chi connectivity index (χ4v) is 0.995. The van der Waals surface area contributed by atoms with Gasteiger partial charge in [0.1, 0.15) is 5.75 Å². The van der Waals surface area contributed by atoms with Crippen LogP contribution in [-0.4, -0.2) is 16.4 Å². The Morgan fingerprint density at radius 1 is 1.13 bits per heavy atom. The summed E-state index contributed by atoms with van der Waals surface area (Å²) in [4.78, 5) is 11.2. The van der Waals surface area contributed by atoms with Gasteiger partial charge >= 0.3 is 6.16 Å². The number of carbonyl (C=O) groups excluding carboxylic acids is 1. The average Bonchev–Trinajstić information content (AvgIpc) is 2.71. The van der Waals surface area contributed by atoms with E-state index in [1.165, 1.54) is 12.3 Å². The van der Waals surface area contributed by atoms with Crippen LogP contribution in [0.4, 0.5) is 4.79 Å². The number of para-hydroxylation sites is 1. The molecule has 5 heteroatoms. The Balaban J connectivity index is 1.94. The summed E-state index contributed by atoms with van der Waals surface area (Å²) in [6.07, 6.45) is 0.677. The number of H-pyrrole nitrogens is 1. The molecule has 15 heavy (non-hydrogen) atoms. The number of aromatic amines is 1. The molecule has 1 aromatic heterocycles. The molecule has 0 spiro atoms. The zero-order valence-corrected chi connectivity index (χ0v) is 7.71. The minimum absolute atomic E-state index is 0.246. The number of nitrogens with one attached hydrogen (secondary N) is 1. The summed E-state index contributed by atoms with van der Waals surface area (Å²) in [7, 11) is 0. The van der Waals surface area contributed by atoms with Crippen LogP contribution in [0.2, 0.25) is 0 Å². The summed E-state index contributed by atoms with van der Waals surface area (Å²) in [5.74, 6) is 0.679. The summed E-state index contributed by atoms with van der Waals surface area (Å²) in [6, 6.07) is 10.2. The molecule has 0 radical (unpaired) electrons. The van der Waals surface area contributed by atoms with E-state index < -0.39 is 6.16 Å². The Labute approximate surface area is 85.6 Å². The van der Waals surface area contributed by atoms with Gasteiger partial charge in [0, 0.05) is 6.07 Å². The van der Waals surface area contributed by atoms with Crippen LogP contribution in [0.3, 0.4) is 0 Å². The van der Waals surface area contributed by atoms with E-state index in [1.807, 2.05) is 6.07 Å². The lowest BCUT2D eigenvalue weighted by molar-refractivity contribution is 0.150. The van der Waals surface area contributed by atoms with Crippen molar-refractivity contribution in [3.05, 3.63) is 42.6 Å². The van der Waals surface area contributed by atoms with Crippen LogP contribution >= 0.6 is 0 Å². The zero-order valence-electron chi connectivity index (χ0n) is 7.71. The molecular weight excluding hydrogens is 196 g/mol. The third-order valence-corrected chi connectivity index (χ3v) is 1.61. The summed E-state index contributed by atoms with van der Waals surface area (Å²) >= 11 is 0. The number of hydrogen-bond donors (Lipinski definition) is 1. The first-order valence-corrected chi connectivity index (χ1v) is 4.29. The summed E-state index contributed by atoms with van der Waals surface area (Å²) in [5.41, 5.74) is 0. The monoisotopic (exact) mass is 204 g/mol. The van der Waals surface area contributed by atoms with Crippen molar-refractivity contribution in [2.75, 3.05) is 0 Å². The number of hydrogen-bond acceptors (Lipinski definition) is 4. The molecule has 5 nitrogen and oxygen atoms in total. The highest BCUT2D eigenvalue weighted by molar-refractivity contribution is 5.66. The van der Waals surface area contributed by atoms with E-state index in [9.17, 15) is 4.79 Å². The molecule has 0 saturated carbocycles. The molecule has 0 saturated heterocycles. The lowest BCUT2D eigenvalue weighted by atomic mass is 10.3. The van der Waals surface area contributed by atoms with Gasteiger partial charge in [-0.3, -0.25) is 0 Å². The van der Waals surface area contributed by atoms with Gasteiger partial charge < -0.3 is 9.47 Å². The number of carbonyl (C=O) groups is 1. The van der Waals surface area contributed by atoms with Crippen molar-refractivity contribution >= 4 is 6.16 Å². The van der Waals surface area contributed by atoms with Crippen LogP contribution in [0, 0.1) is 0 Å². The van der Waals surface area contributed by atoms with Gasteiger partial charge in [-0.2, -0.15) is 5.10 Å². The van der Waals surface area contributed by atoms with Crippen molar-refractivity contribution in [3.63, 3.8) is 0 Å². The van der Waals surface area contributed by atoms with Crippen LogP contribution in [0.15, 0.2) is 42.6 Å². The van der Waals surface area contributed by atoms with Crippen LogP contribution in [-0.2, 0) is 0 Å². The quantitative estimate of drug-likeness (QED) is 0.600. The molecule has 0 aliphatic heterocycles. The molecule has 0 unspecified atom stereocenters. The third-order valence-electron chi connectivity index (χ3n) is 1.61. The fourth-order valence-electron chi connectivity index (χ4n) is 0.995. The second kappa shape index (κ2) is 4.28. The van der Waals surface area contributed by atoms with Gasteiger partial charge in [-0.1, -0.05) is 18.2 Å². The van der Waals surface area contributed by atoms with Crippen molar-refractivity contribution in [2.45, 2.75) is 0 Å². The largest absolute Gasteiger partial charge is 0.520 e. The maximum atomic E-state index is 11.2. The highest BCUT2D eigenvalue weighted by atomic mass is 16.7. The van der Waals surface area contributed by atoms with Gasteiger partial charge in [0.15, 0.2) is 0 Å². The Morgan fingerprint density at radius 3 is 2.60 bits per heavy atom. The lowest BCUT2D eigenvalue weighted by Crippen LogP contribution is -2.13. The molecule has 1 N–H and O–H groups in total. The first-order valence-electron chi connectivity index (χ1n) is 4.29. The van der Waals surface area contributed by atoms with E-state index in [1.54, 1.807) is 24.3 Å². The summed E-state index contributed by atoms with van der Waals surface area (Å²) in [5, 5.41) is 6.11. The van der Waals surface area contributed by atoms with Crippen LogP contribution < -0.4 is 9.47 Å². The van der Waals surface area contributed by atoms with E-state index in [4.69, 9.17) is 9.47 Å². The highest BCUT2D eigenvalue weighted by Crippen LogP contribution is 2.10. The average molecular weight is 204 g/mol. The van der Waals surface area contributed by atoms with Crippen molar-refractivity contribution in [3.8, 4) is 11.6 Å². The van der Waals surface area contributed by atoms with Gasteiger partial charge in [0.05, 0.1) is 6.20 Å². The van der Waals surface area contributed by atoms with E-state index in [2.05, 4.69) is 10.2 Å². The van der Waals surface area contributed by atoms with E-state index in [0.717, 1.165) is 0 Å². The SMILES string of the molecule is O=C(Oc1ccccc1)Oc1ccn[nH]1. The molecule has 0 atom stereocenters. The fraction of sp³-hybridized carbons (Fsp3) is 0. The van der Waals surface area contributed by atoms with Gasteiger partial charge in [0.2, 0.25) is 5.88 Å². The molecule has 2 aromatic rings. The van der Waals surface area contributed by atoms with Crippen molar-refractivity contribution in [1.82, 2.24) is 10.2 Å². The van der Waals surface area contributed by atoms with Crippen LogP contribution in [0.25, 0.3) is 0 Å². The van der Waals surface area contributed by atoms with Gasteiger partial charge in [0.25, 0.3) is 0 Å². The van der Waals surface area contributed by atoms with Crippen LogP contribution in [0.5, 0.6) is 11.6 Å². The van der Waals surface area contributed by atoms with E-state index in [0.29, 0.717) is 5.75 Å². The predicted octanol–water partition coefficient (Wildman–Crippen LogP) is 1.99. The minimum Gasteiger partial charge on any atom is -0.395 e. The maximum absolute atomic E-state index is 11.2. The normalized spacial score (nSPS) is 9.60. The van der Waals surface area contributed by atoms with Crippen molar-refractivity contribution in [1.29, 1.82) is 0 Å². The number of rotatable bonds is 2. The molecule has 0 fully saturated rings. The Morgan fingerprint density at radius 2 is 1.93 bits per heavy atom. The molecule has 1 aromatic carbocycles. The van der Waals surface area contributed by atoms with Gasteiger partial charge in [-0.25, -0.2) is 9.89 Å². The topological polar surface area (TPSA) is 64.2 Å². The molecule has 2 rings (SSSR count). The first-order chi connectivity index (χ1) is 7.34. The number of ether oxygens (including phenoxy) is 2. The van der Waals surface area contributed by atoms with Gasteiger partial charge in [-0.05, 0) is 12.1 Å². The summed E-state index contributed by atoms with van der Waals surface area (Å²) < 4.78 is 9.66. The van der Waals surface area contributed by atoms with Gasteiger partial charge in [-0.15, -0.1) is 0 Å². The number of aromatic nitrogens is 2. The lowest BCUT2D eigenvalue weighted by Gasteiger charge is -2.02. The molecule has 76 valence electrons. The van der Waals surface area contributed by atoms with E-state index in [-0.39, 0.29) is 5.88 Å². The first kappa shape index (κ1) is 9.26. The zero-order chi connectivity index (χ0) is 10.5. The molecule has 0 aliphatic rings. The Kier molecular flexibility index (Phi) is 2.64. The Bertz CT molecular complexity index is 425. The van der Waals surface area contributed by atoms with Crippen molar-refractivity contribution < 1.29 is 14.3 Å². The van der Waals surface area contributed by atoms with Crippen LogP contribution in [0.1, 0.15) is 0 Å². The molecule has 1 heterocycles. The number of benzene rings is 1. The minimum atomic E-state index is -0.801. The smallest absolute Gasteiger partial charge is 0.395 e. The van der Waals surface area contributed by atoms with Crippen molar-refractivity contribution in [2.24, 2.45) is 0 Å². The third kappa shape index (κ3) is 2.57. The predicted molar refractivity (Wildman–Crippen MR) is 51.7 cm³/mol. The molecule has 0 amide bonds. The second-order valence-electron chi connectivity index (χ2n) is 2.69. The molecular formula is C10H8N2O3. The standard InChI is InChI=1S/C10H8N2O3/c13-10(15-9-6-7-11-12-9)14-8-4-2-1-3-5-8/h1-7H,(H,11,12). The maximum Gasteiger partial charge on any atom is 0.520 e. The Hall–Kier alpha value is -2.30.